The van der Waals surface area contributed by atoms with Gasteiger partial charge in [0, 0.05) is 35.5 Å². The molecule has 1 aliphatic rings. The Balaban J connectivity index is 1.89. The fraction of sp³-hybridized carbons (Fsp3) is 0.316. The van der Waals surface area contributed by atoms with Crippen molar-refractivity contribution in [1.82, 2.24) is 4.90 Å². The molecule has 1 fully saturated rings. The van der Waals surface area contributed by atoms with Gasteiger partial charge in [-0.1, -0.05) is 35.9 Å². The standard InChI is InChI=1S/C19H20ClNO2/c1-21-11-17(13-6-8-15(20)9-7-13)18(12-21)19(22)14-4-3-5-16(10-14)23-2/h3-10,17-18H,11-12H2,1-2H3/t17-,18+/m1/s1. The van der Waals surface area contributed by atoms with Gasteiger partial charge in [-0.3, -0.25) is 4.79 Å². The average molecular weight is 330 g/mol. The highest BCUT2D eigenvalue weighted by Crippen LogP contribution is 2.35. The number of hydrogen-bond acceptors (Lipinski definition) is 3. The SMILES string of the molecule is COc1cccc(C(=O)[C@H]2CN(C)C[C@@H]2c2ccc(Cl)cc2)c1. The van der Waals surface area contributed by atoms with E-state index < -0.39 is 0 Å². The number of Topliss-reactive ketones (excluding diaryl/α,β-unsaturated/α-hetero) is 1. The third-order valence-corrected chi connectivity index (χ3v) is 4.74. The van der Waals surface area contributed by atoms with E-state index in [0.717, 1.165) is 18.1 Å². The zero-order chi connectivity index (χ0) is 16.4. The summed E-state index contributed by atoms with van der Waals surface area (Å²) in [5.74, 6) is 1.03. The third-order valence-electron chi connectivity index (χ3n) is 4.49. The first-order chi connectivity index (χ1) is 11.1. The number of benzene rings is 2. The van der Waals surface area contributed by atoms with Crippen LogP contribution in [0.25, 0.3) is 0 Å². The van der Waals surface area contributed by atoms with Gasteiger partial charge >= 0.3 is 0 Å². The lowest BCUT2D eigenvalue weighted by molar-refractivity contribution is 0.0915. The number of carbonyl (C=O) groups excluding carboxylic acids is 1. The third kappa shape index (κ3) is 3.41. The van der Waals surface area contributed by atoms with Crippen molar-refractivity contribution >= 4 is 17.4 Å². The van der Waals surface area contributed by atoms with Crippen LogP contribution in [0.4, 0.5) is 0 Å². The molecule has 2 aromatic carbocycles. The average Bonchev–Trinajstić information content (AvgIpc) is 2.96. The van der Waals surface area contributed by atoms with Crippen LogP contribution in [0, 0.1) is 5.92 Å². The van der Waals surface area contributed by atoms with E-state index in [1.54, 1.807) is 7.11 Å². The predicted octanol–water partition coefficient (Wildman–Crippen LogP) is 3.88. The van der Waals surface area contributed by atoms with Gasteiger partial charge in [-0.25, -0.2) is 0 Å². The number of likely N-dealkylation sites (N-methyl/N-ethyl adjacent to an activating group) is 1. The fourth-order valence-electron chi connectivity index (χ4n) is 3.30. The van der Waals surface area contributed by atoms with E-state index in [9.17, 15) is 4.79 Å². The first kappa shape index (κ1) is 16.0. The number of halogens is 1. The van der Waals surface area contributed by atoms with Crippen LogP contribution in [-0.2, 0) is 0 Å². The van der Waals surface area contributed by atoms with Crippen molar-refractivity contribution in [2.75, 3.05) is 27.2 Å². The van der Waals surface area contributed by atoms with Crippen molar-refractivity contribution in [3.8, 4) is 5.75 Å². The van der Waals surface area contributed by atoms with Crippen LogP contribution in [0.15, 0.2) is 48.5 Å². The molecule has 0 aliphatic carbocycles. The van der Waals surface area contributed by atoms with Crippen molar-refractivity contribution in [3.63, 3.8) is 0 Å². The monoisotopic (exact) mass is 329 g/mol. The minimum atomic E-state index is -0.0479. The molecule has 0 amide bonds. The Kier molecular flexibility index (Phi) is 4.69. The summed E-state index contributed by atoms with van der Waals surface area (Å²) in [6.45, 7) is 1.64. The number of nitrogens with zero attached hydrogens (tertiary/aromatic N) is 1. The molecule has 2 atom stereocenters. The van der Waals surface area contributed by atoms with E-state index in [-0.39, 0.29) is 17.6 Å². The molecule has 0 bridgehead atoms. The quantitative estimate of drug-likeness (QED) is 0.797. The first-order valence-corrected chi connectivity index (χ1v) is 8.08. The van der Waals surface area contributed by atoms with Gasteiger partial charge in [0.25, 0.3) is 0 Å². The number of ketones is 1. The summed E-state index contributed by atoms with van der Waals surface area (Å²) in [6, 6.07) is 15.2. The molecule has 1 saturated heterocycles. The normalized spacial score (nSPS) is 21.3. The molecule has 120 valence electrons. The second-order valence-electron chi connectivity index (χ2n) is 6.08. The van der Waals surface area contributed by atoms with Crippen LogP contribution in [0.3, 0.4) is 0 Å². The van der Waals surface area contributed by atoms with Crippen molar-refractivity contribution in [2.24, 2.45) is 5.92 Å². The smallest absolute Gasteiger partial charge is 0.168 e. The minimum absolute atomic E-state index is 0.0479. The number of ether oxygens (including phenoxy) is 1. The highest BCUT2D eigenvalue weighted by atomic mass is 35.5. The molecule has 0 aromatic heterocycles. The zero-order valence-corrected chi connectivity index (χ0v) is 14.1. The number of carbonyl (C=O) groups is 1. The lowest BCUT2D eigenvalue weighted by Gasteiger charge is -2.18. The molecule has 0 saturated carbocycles. The predicted molar refractivity (Wildman–Crippen MR) is 92.5 cm³/mol. The van der Waals surface area contributed by atoms with E-state index in [0.29, 0.717) is 11.3 Å². The van der Waals surface area contributed by atoms with Crippen molar-refractivity contribution in [2.45, 2.75) is 5.92 Å². The largest absolute Gasteiger partial charge is 0.497 e. The number of likely N-dealkylation sites (tertiary alicyclic amines) is 1. The Labute approximate surface area is 141 Å². The lowest BCUT2D eigenvalue weighted by Crippen LogP contribution is -2.22. The van der Waals surface area contributed by atoms with Gasteiger partial charge in [-0.2, -0.15) is 0 Å². The minimum Gasteiger partial charge on any atom is -0.497 e. The second kappa shape index (κ2) is 6.73. The van der Waals surface area contributed by atoms with Gasteiger partial charge in [0.05, 0.1) is 7.11 Å². The summed E-state index contributed by atoms with van der Waals surface area (Å²) in [5.41, 5.74) is 1.88. The molecule has 1 heterocycles. The number of hydrogen-bond donors (Lipinski definition) is 0. The van der Waals surface area contributed by atoms with Gasteiger partial charge in [0.15, 0.2) is 5.78 Å². The maximum atomic E-state index is 13.0. The van der Waals surface area contributed by atoms with E-state index in [1.165, 1.54) is 5.56 Å². The topological polar surface area (TPSA) is 29.5 Å². The zero-order valence-electron chi connectivity index (χ0n) is 13.3. The highest BCUT2D eigenvalue weighted by molar-refractivity contribution is 6.30. The van der Waals surface area contributed by atoms with E-state index in [1.807, 2.05) is 48.5 Å². The number of rotatable bonds is 4. The Morgan fingerprint density at radius 3 is 2.61 bits per heavy atom. The summed E-state index contributed by atoms with van der Waals surface area (Å²) in [7, 11) is 3.67. The van der Waals surface area contributed by atoms with E-state index >= 15 is 0 Å². The maximum Gasteiger partial charge on any atom is 0.168 e. The van der Waals surface area contributed by atoms with E-state index in [2.05, 4.69) is 11.9 Å². The molecule has 2 aromatic rings. The van der Waals surface area contributed by atoms with Crippen LogP contribution in [0.5, 0.6) is 5.75 Å². The van der Waals surface area contributed by atoms with E-state index in [4.69, 9.17) is 16.3 Å². The molecule has 1 aliphatic heterocycles. The van der Waals surface area contributed by atoms with Crippen molar-refractivity contribution in [1.29, 1.82) is 0 Å². The first-order valence-electron chi connectivity index (χ1n) is 7.71. The molecule has 0 spiro atoms. The number of methoxy groups -OCH3 is 1. The summed E-state index contributed by atoms with van der Waals surface area (Å²) >= 11 is 5.98. The van der Waals surface area contributed by atoms with Crippen LogP contribution >= 0.6 is 11.6 Å². The molecule has 23 heavy (non-hydrogen) atoms. The van der Waals surface area contributed by atoms with Crippen LogP contribution in [-0.4, -0.2) is 37.9 Å². The van der Waals surface area contributed by atoms with Gasteiger partial charge in [-0.05, 0) is 36.9 Å². The van der Waals surface area contributed by atoms with Crippen LogP contribution in [0.1, 0.15) is 21.8 Å². The summed E-state index contributed by atoms with van der Waals surface area (Å²) in [5, 5.41) is 0.718. The van der Waals surface area contributed by atoms with Crippen LogP contribution in [0.2, 0.25) is 5.02 Å². The molecule has 4 heteroatoms. The molecule has 3 nitrogen and oxygen atoms in total. The Hall–Kier alpha value is -1.84. The van der Waals surface area contributed by atoms with Crippen molar-refractivity contribution in [3.05, 3.63) is 64.7 Å². The van der Waals surface area contributed by atoms with Gasteiger partial charge in [-0.15, -0.1) is 0 Å². The Morgan fingerprint density at radius 1 is 1.17 bits per heavy atom. The Morgan fingerprint density at radius 2 is 1.91 bits per heavy atom. The molecule has 0 unspecified atom stereocenters. The molecule has 3 rings (SSSR count). The highest BCUT2D eigenvalue weighted by Gasteiger charge is 2.37. The van der Waals surface area contributed by atoms with Gasteiger partial charge in [0.1, 0.15) is 5.75 Å². The second-order valence-corrected chi connectivity index (χ2v) is 6.52. The molecule has 0 radical (unpaired) electrons. The van der Waals surface area contributed by atoms with Crippen molar-refractivity contribution < 1.29 is 9.53 Å². The van der Waals surface area contributed by atoms with Gasteiger partial charge < -0.3 is 9.64 Å². The Bertz CT molecular complexity index is 699. The maximum absolute atomic E-state index is 13.0. The fourth-order valence-corrected chi connectivity index (χ4v) is 3.43. The van der Waals surface area contributed by atoms with Crippen LogP contribution < -0.4 is 4.74 Å². The van der Waals surface area contributed by atoms with Gasteiger partial charge in [0.2, 0.25) is 0 Å². The molecule has 0 N–H and O–H groups in total. The summed E-state index contributed by atoms with van der Waals surface area (Å²) in [6.07, 6.45) is 0. The summed E-state index contributed by atoms with van der Waals surface area (Å²) < 4.78 is 5.24. The summed E-state index contributed by atoms with van der Waals surface area (Å²) in [4.78, 5) is 15.2. The lowest BCUT2D eigenvalue weighted by atomic mass is 9.84. The molecular weight excluding hydrogens is 310 g/mol. The molecular formula is C19H20ClNO2.